The summed E-state index contributed by atoms with van der Waals surface area (Å²) in [5.41, 5.74) is 2.44. The Morgan fingerprint density at radius 1 is 1.14 bits per heavy atom. The Morgan fingerprint density at radius 2 is 1.95 bits per heavy atom. The van der Waals surface area contributed by atoms with E-state index in [1.807, 2.05) is 31.2 Å². The van der Waals surface area contributed by atoms with Crippen molar-refractivity contribution in [1.29, 1.82) is 0 Å². The van der Waals surface area contributed by atoms with Gasteiger partial charge in [-0.15, -0.1) is 10.2 Å². The van der Waals surface area contributed by atoms with E-state index in [1.54, 1.807) is 18.3 Å². The Hall–Kier alpha value is -3.02. The van der Waals surface area contributed by atoms with Crippen molar-refractivity contribution in [3.8, 4) is 0 Å². The summed E-state index contributed by atoms with van der Waals surface area (Å²) in [6, 6.07) is 10.9. The monoisotopic (exact) mass is 280 g/mol. The van der Waals surface area contributed by atoms with Gasteiger partial charge in [0.15, 0.2) is 5.69 Å². The number of aryl methyl sites for hydroxylation is 1. The molecule has 0 fully saturated rings. The second-order valence-electron chi connectivity index (χ2n) is 4.51. The summed E-state index contributed by atoms with van der Waals surface area (Å²) in [6.07, 6.45) is 1.68. The van der Waals surface area contributed by atoms with Crippen molar-refractivity contribution >= 4 is 28.2 Å². The molecule has 21 heavy (non-hydrogen) atoms. The van der Waals surface area contributed by atoms with Gasteiger partial charge in [-0.1, -0.05) is 18.2 Å². The topological polar surface area (TPSA) is 88.0 Å². The van der Waals surface area contributed by atoms with Crippen molar-refractivity contribution in [1.82, 2.24) is 15.2 Å². The molecular formula is C15H12N4O2. The second-order valence-corrected chi connectivity index (χ2v) is 4.51. The van der Waals surface area contributed by atoms with E-state index in [2.05, 4.69) is 20.5 Å². The summed E-state index contributed by atoms with van der Waals surface area (Å²) in [7, 11) is 0. The van der Waals surface area contributed by atoms with Crippen LogP contribution < -0.4 is 5.32 Å². The first-order chi connectivity index (χ1) is 10.2. The summed E-state index contributed by atoms with van der Waals surface area (Å²) in [4.78, 5) is 15.6. The smallest absolute Gasteiger partial charge is 0.358 e. The second kappa shape index (κ2) is 5.16. The van der Waals surface area contributed by atoms with E-state index in [-0.39, 0.29) is 5.69 Å². The van der Waals surface area contributed by atoms with Crippen molar-refractivity contribution in [2.45, 2.75) is 6.92 Å². The van der Waals surface area contributed by atoms with Crippen molar-refractivity contribution in [2.24, 2.45) is 0 Å². The SMILES string of the molecule is Cc1ncccc1Nc1c(C(=O)O)nnc2ccccc12. The summed E-state index contributed by atoms with van der Waals surface area (Å²) in [5, 5.41) is 20.9. The van der Waals surface area contributed by atoms with Gasteiger partial charge < -0.3 is 10.4 Å². The number of nitrogens with one attached hydrogen (secondary N) is 1. The average molecular weight is 280 g/mol. The lowest BCUT2D eigenvalue weighted by Gasteiger charge is -2.12. The minimum atomic E-state index is -1.13. The van der Waals surface area contributed by atoms with Crippen LogP contribution in [0.2, 0.25) is 0 Å². The third-order valence-electron chi connectivity index (χ3n) is 3.14. The quantitative estimate of drug-likeness (QED) is 0.767. The van der Waals surface area contributed by atoms with E-state index in [0.717, 1.165) is 11.4 Å². The number of anilines is 2. The molecule has 104 valence electrons. The zero-order valence-corrected chi connectivity index (χ0v) is 11.2. The number of nitrogens with zero attached hydrogens (tertiary/aromatic N) is 3. The maximum Gasteiger partial charge on any atom is 0.358 e. The van der Waals surface area contributed by atoms with Crippen molar-refractivity contribution < 1.29 is 9.90 Å². The van der Waals surface area contributed by atoms with Gasteiger partial charge in [-0.3, -0.25) is 4.98 Å². The molecule has 3 aromatic rings. The molecule has 0 aliphatic heterocycles. The lowest BCUT2D eigenvalue weighted by molar-refractivity contribution is 0.0690. The van der Waals surface area contributed by atoms with Crippen LogP contribution in [0.25, 0.3) is 10.9 Å². The van der Waals surface area contributed by atoms with Gasteiger partial charge in [0, 0.05) is 11.6 Å². The minimum Gasteiger partial charge on any atom is -0.476 e. The highest BCUT2D eigenvalue weighted by Crippen LogP contribution is 2.28. The van der Waals surface area contributed by atoms with Crippen LogP contribution in [-0.4, -0.2) is 26.3 Å². The normalized spacial score (nSPS) is 10.5. The number of hydrogen-bond acceptors (Lipinski definition) is 5. The fourth-order valence-electron chi connectivity index (χ4n) is 2.08. The first-order valence-corrected chi connectivity index (χ1v) is 6.34. The van der Waals surface area contributed by atoms with Crippen molar-refractivity contribution in [2.75, 3.05) is 5.32 Å². The van der Waals surface area contributed by atoms with Crippen molar-refractivity contribution in [3.05, 3.63) is 54.0 Å². The first-order valence-electron chi connectivity index (χ1n) is 6.34. The number of hydrogen-bond donors (Lipinski definition) is 2. The van der Waals surface area contributed by atoms with Gasteiger partial charge in [0.05, 0.1) is 22.6 Å². The zero-order valence-electron chi connectivity index (χ0n) is 11.2. The maximum absolute atomic E-state index is 11.4. The molecule has 0 aliphatic rings. The minimum absolute atomic E-state index is 0.114. The molecule has 6 heteroatoms. The van der Waals surface area contributed by atoms with Gasteiger partial charge in [0.2, 0.25) is 0 Å². The molecule has 0 saturated carbocycles. The fourth-order valence-corrected chi connectivity index (χ4v) is 2.08. The van der Waals surface area contributed by atoms with Crippen molar-refractivity contribution in [3.63, 3.8) is 0 Å². The number of pyridine rings is 1. The number of carbonyl (C=O) groups is 1. The van der Waals surface area contributed by atoms with Gasteiger partial charge in [-0.25, -0.2) is 4.79 Å². The Bertz CT molecular complexity index is 833. The molecule has 0 amide bonds. The maximum atomic E-state index is 11.4. The van der Waals surface area contributed by atoms with Gasteiger partial charge >= 0.3 is 5.97 Å². The van der Waals surface area contributed by atoms with E-state index < -0.39 is 5.97 Å². The highest BCUT2D eigenvalue weighted by Gasteiger charge is 2.17. The predicted molar refractivity (Wildman–Crippen MR) is 78.8 cm³/mol. The van der Waals surface area contributed by atoms with Gasteiger partial charge in [-0.05, 0) is 25.1 Å². The van der Waals surface area contributed by atoms with Gasteiger partial charge in [0.25, 0.3) is 0 Å². The molecule has 0 aliphatic carbocycles. The molecule has 1 aromatic carbocycles. The summed E-state index contributed by atoms with van der Waals surface area (Å²) < 4.78 is 0. The first kappa shape index (κ1) is 13.0. The average Bonchev–Trinajstić information content (AvgIpc) is 2.49. The molecule has 2 aromatic heterocycles. The number of aromatic carboxylic acids is 1. The van der Waals surface area contributed by atoms with Crippen LogP contribution in [-0.2, 0) is 0 Å². The standard InChI is InChI=1S/C15H12N4O2/c1-9-11(7-4-8-16-9)17-13-10-5-2-3-6-12(10)18-19-14(13)15(20)21/h2-8H,1H3,(H,17,18)(H,20,21). The van der Waals surface area contributed by atoms with Crippen LogP contribution in [0.3, 0.4) is 0 Å². The molecule has 2 heterocycles. The fraction of sp³-hybridized carbons (Fsp3) is 0.0667. The predicted octanol–water partition coefficient (Wildman–Crippen LogP) is 2.78. The van der Waals surface area contributed by atoms with Gasteiger partial charge in [0.1, 0.15) is 0 Å². The van der Waals surface area contributed by atoms with Crippen LogP contribution in [0.4, 0.5) is 11.4 Å². The number of carboxylic acids is 1. The molecule has 0 spiro atoms. The van der Waals surface area contributed by atoms with E-state index in [1.165, 1.54) is 0 Å². The number of fused-ring (bicyclic) bond motifs is 1. The van der Waals surface area contributed by atoms with Crippen LogP contribution in [0, 0.1) is 6.92 Å². The Balaban J connectivity index is 2.21. The lowest BCUT2D eigenvalue weighted by Crippen LogP contribution is -2.08. The molecule has 6 nitrogen and oxygen atoms in total. The highest BCUT2D eigenvalue weighted by molar-refractivity contribution is 6.03. The largest absolute Gasteiger partial charge is 0.476 e. The summed E-state index contributed by atoms with van der Waals surface area (Å²) in [5.74, 6) is -1.13. The Morgan fingerprint density at radius 3 is 2.71 bits per heavy atom. The van der Waals surface area contributed by atoms with E-state index >= 15 is 0 Å². The molecule has 0 unspecified atom stereocenters. The lowest BCUT2D eigenvalue weighted by atomic mass is 10.1. The molecule has 0 radical (unpaired) electrons. The van der Waals surface area contributed by atoms with Crippen LogP contribution in [0.15, 0.2) is 42.6 Å². The van der Waals surface area contributed by atoms with Crippen LogP contribution in [0.1, 0.15) is 16.2 Å². The molecule has 0 bridgehead atoms. The molecule has 3 rings (SSSR count). The Kier molecular flexibility index (Phi) is 3.19. The number of rotatable bonds is 3. The third kappa shape index (κ3) is 2.38. The number of carboxylic acid groups (broad SMARTS) is 1. The molecule has 0 atom stereocenters. The zero-order chi connectivity index (χ0) is 14.8. The Labute approximate surface area is 120 Å². The number of benzene rings is 1. The van der Waals surface area contributed by atoms with E-state index in [0.29, 0.717) is 16.6 Å². The summed E-state index contributed by atoms with van der Waals surface area (Å²) >= 11 is 0. The number of aromatic nitrogens is 3. The third-order valence-corrected chi connectivity index (χ3v) is 3.14. The molecular weight excluding hydrogens is 268 g/mol. The van der Waals surface area contributed by atoms with Crippen LogP contribution in [0.5, 0.6) is 0 Å². The molecule has 2 N–H and O–H groups in total. The highest BCUT2D eigenvalue weighted by atomic mass is 16.4. The van der Waals surface area contributed by atoms with Crippen LogP contribution >= 0.6 is 0 Å². The van der Waals surface area contributed by atoms with E-state index in [4.69, 9.17) is 0 Å². The summed E-state index contributed by atoms with van der Waals surface area (Å²) in [6.45, 7) is 1.85. The van der Waals surface area contributed by atoms with Gasteiger partial charge in [-0.2, -0.15) is 0 Å². The molecule has 0 saturated heterocycles. The van der Waals surface area contributed by atoms with E-state index in [9.17, 15) is 9.90 Å².